The van der Waals surface area contributed by atoms with Crippen molar-refractivity contribution in [1.29, 1.82) is 0 Å². The largest absolute Gasteiger partial charge is 0.334 e. The second-order valence-corrected chi connectivity index (χ2v) is 5.58. The molecule has 0 fully saturated rings. The summed E-state index contributed by atoms with van der Waals surface area (Å²) in [6.07, 6.45) is 7.32. The molecule has 0 atom stereocenters. The van der Waals surface area contributed by atoms with E-state index >= 15 is 0 Å². The highest BCUT2D eigenvalue weighted by Crippen LogP contribution is 2.22. The van der Waals surface area contributed by atoms with Crippen molar-refractivity contribution in [1.82, 2.24) is 15.1 Å². The zero-order chi connectivity index (χ0) is 16.4. The quantitative estimate of drug-likeness (QED) is 0.547. The van der Waals surface area contributed by atoms with E-state index in [1.165, 1.54) is 5.39 Å². The molecule has 0 saturated carbocycles. The second-order valence-electron chi connectivity index (χ2n) is 5.58. The molecular weight excluding hydrogens is 298 g/mol. The molecule has 0 bridgehead atoms. The first-order chi connectivity index (χ1) is 11.8. The van der Waals surface area contributed by atoms with Gasteiger partial charge in [-0.3, -0.25) is 4.98 Å². The van der Waals surface area contributed by atoms with Crippen LogP contribution in [0.15, 0.2) is 65.4 Å². The molecule has 24 heavy (non-hydrogen) atoms. The van der Waals surface area contributed by atoms with Gasteiger partial charge in [0.25, 0.3) is 5.89 Å². The summed E-state index contributed by atoms with van der Waals surface area (Å²) >= 11 is 0. The van der Waals surface area contributed by atoms with Crippen molar-refractivity contribution in [3.8, 4) is 11.4 Å². The molecule has 116 valence electrons. The van der Waals surface area contributed by atoms with Gasteiger partial charge < -0.3 is 4.52 Å². The summed E-state index contributed by atoms with van der Waals surface area (Å²) in [7, 11) is 0. The van der Waals surface area contributed by atoms with E-state index < -0.39 is 0 Å². The molecule has 2 heterocycles. The van der Waals surface area contributed by atoms with Crippen LogP contribution in [0.5, 0.6) is 0 Å². The maximum absolute atomic E-state index is 5.32. The summed E-state index contributed by atoms with van der Waals surface area (Å²) in [5, 5.41) is 6.42. The average molecular weight is 313 g/mol. The molecule has 0 N–H and O–H groups in total. The van der Waals surface area contributed by atoms with E-state index in [0.29, 0.717) is 11.7 Å². The van der Waals surface area contributed by atoms with E-state index in [4.69, 9.17) is 4.52 Å². The Morgan fingerprint density at radius 1 is 0.958 bits per heavy atom. The first-order valence-corrected chi connectivity index (χ1v) is 7.71. The van der Waals surface area contributed by atoms with Crippen molar-refractivity contribution in [2.75, 3.05) is 0 Å². The van der Waals surface area contributed by atoms with E-state index in [1.807, 2.05) is 49.5 Å². The summed E-state index contributed by atoms with van der Waals surface area (Å²) < 4.78 is 5.32. The molecular formula is C20H15N3O. The molecule has 0 amide bonds. The topological polar surface area (TPSA) is 51.8 Å². The Labute approximate surface area is 139 Å². The summed E-state index contributed by atoms with van der Waals surface area (Å²) in [6.45, 7) is 2.04. The number of aromatic nitrogens is 3. The molecule has 0 aliphatic rings. The van der Waals surface area contributed by atoms with Gasteiger partial charge in [0.15, 0.2) is 0 Å². The van der Waals surface area contributed by atoms with Gasteiger partial charge in [-0.2, -0.15) is 4.98 Å². The van der Waals surface area contributed by atoms with Crippen molar-refractivity contribution in [2.24, 2.45) is 0 Å². The molecule has 0 aliphatic carbocycles. The van der Waals surface area contributed by atoms with Crippen LogP contribution in [-0.2, 0) is 0 Å². The molecule has 0 spiro atoms. The smallest absolute Gasteiger partial charge is 0.250 e. The molecule has 0 radical (unpaired) electrons. The maximum Gasteiger partial charge on any atom is 0.250 e. The minimum Gasteiger partial charge on any atom is -0.334 e. The van der Waals surface area contributed by atoms with Gasteiger partial charge in [0.05, 0.1) is 0 Å². The Kier molecular flexibility index (Phi) is 3.63. The molecule has 4 nitrogen and oxygen atoms in total. The molecule has 0 aliphatic heterocycles. The summed E-state index contributed by atoms with van der Waals surface area (Å²) in [5.41, 5.74) is 3.12. The third-order valence-corrected chi connectivity index (χ3v) is 3.93. The van der Waals surface area contributed by atoms with Crippen molar-refractivity contribution < 1.29 is 4.52 Å². The predicted octanol–water partition coefficient (Wildman–Crippen LogP) is 4.76. The van der Waals surface area contributed by atoms with E-state index in [-0.39, 0.29) is 0 Å². The molecule has 0 unspecified atom stereocenters. The van der Waals surface area contributed by atoms with Crippen molar-refractivity contribution in [3.63, 3.8) is 0 Å². The lowest BCUT2D eigenvalue weighted by Crippen LogP contribution is -1.82. The molecule has 2 aromatic heterocycles. The van der Waals surface area contributed by atoms with Gasteiger partial charge in [-0.1, -0.05) is 41.6 Å². The zero-order valence-electron chi connectivity index (χ0n) is 13.2. The van der Waals surface area contributed by atoms with Gasteiger partial charge in [0.2, 0.25) is 5.82 Å². The van der Waals surface area contributed by atoms with Crippen molar-refractivity contribution in [2.45, 2.75) is 6.92 Å². The van der Waals surface area contributed by atoms with E-state index in [2.05, 4.69) is 39.4 Å². The van der Waals surface area contributed by atoms with Crippen LogP contribution in [0.3, 0.4) is 0 Å². The summed E-state index contributed by atoms with van der Waals surface area (Å²) in [5.74, 6) is 1.06. The predicted molar refractivity (Wildman–Crippen MR) is 95.1 cm³/mol. The van der Waals surface area contributed by atoms with Crippen LogP contribution >= 0.6 is 0 Å². The average Bonchev–Trinajstić information content (AvgIpc) is 3.10. The second kappa shape index (κ2) is 6.08. The lowest BCUT2D eigenvalue weighted by atomic mass is 10.1. The number of hydrogen-bond donors (Lipinski definition) is 0. The third-order valence-electron chi connectivity index (χ3n) is 3.93. The highest BCUT2D eigenvalue weighted by Gasteiger charge is 2.07. The highest BCUT2D eigenvalue weighted by atomic mass is 16.5. The Bertz CT molecular complexity index is 1030. The molecule has 4 rings (SSSR count). The zero-order valence-corrected chi connectivity index (χ0v) is 13.2. The third kappa shape index (κ3) is 2.82. The Morgan fingerprint density at radius 2 is 1.83 bits per heavy atom. The summed E-state index contributed by atoms with van der Waals surface area (Å²) in [4.78, 5) is 8.57. The van der Waals surface area contributed by atoms with Gasteiger partial charge >= 0.3 is 0 Å². The van der Waals surface area contributed by atoms with Crippen molar-refractivity contribution in [3.05, 3.63) is 77.9 Å². The van der Waals surface area contributed by atoms with Crippen LogP contribution in [-0.4, -0.2) is 15.1 Å². The van der Waals surface area contributed by atoms with Crippen molar-refractivity contribution >= 4 is 22.9 Å². The monoisotopic (exact) mass is 313 g/mol. The Morgan fingerprint density at radius 3 is 2.71 bits per heavy atom. The summed E-state index contributed by atoms with van der Waals surface area (Å²) in [6, 6.07) is 16.3. The highest BCUT2D eigenvalue weighted by molar-refractivity contribution is 5.86. The SMILES string of the molecule is Cc1ccncc1/C=C/c1nc(-c2ccc3ccccc3c2)no1. The van der Waals surface area contributed by atoms with Gasteiger partial charge in [0.1, 0.15) is 0 Å². The number of fused-ring (bicyclic) bond motifs is 1. The number of rotatable bonds is 3. The fraction of sp³-hybridized carbons (Fsp3) is 0.0500. The van der Waals surface area contributed by atoms with Crippen LogP contribution in [0.2, 0.25) is 0 Å². The number of hydrogen-bond acceptors (Lipinski definition) is 4. The fourth-order valence-corrected chi connectivity index (χ4v) is 2.56. The maximum atomic E-state index is 5.32. The van der Waals surface area contributed by atoms with Gasteiger partial charge in [0, 0.05) is 24.0 Å². The minimum atomic E-state index is 0.474. The Hall–Kier alpha value is -3.27. The van der Waals surface area contributed by atoms with Gasteiger partial charge in [-0.25, -0.2) is 0 Å². The van der Waals surface area contributed by atoms with Crippen LogP contribution in [0.1, 0.15) is 17.0 Å². The normalized spacial score (nSPS) is 11.4. The van der Waals surface area contributed by atoms with E-state index in [9.17, 15) is 0 Å². The lowest BCUT2D eigenvalue weighted by molar-refractivity contribution is 0.411. The van der Waals surface area contributed by atoms with Gasteiger partial charge in [-0.05, 0) is 47.0 Å². The van der Waals surface area contributed by atoms with Gasteiger partial charge in [-0.15, -0.1) is 0 Å². The fourth-order valence-electron chi connectivity index (χ4n) is 2.56. The van der Waals surface area contributed by atoms with E-state index in [1.54, 1.807) is 6.20 Å². The Balaban J connectivity index is 1.63. The number of pyridine rings is 1. The lowest BCUT2D eigenvalue weighted by Gasteiger charge is -1.99. The van der Waals surface area contributed by atoms with Crippen LogP contribution in [0.4, 0.5) is 0 Å². The molecule has 4 heteroatoms. The minimum absolute atomic E-state index is 0.474. The first kappa shape index (κ1) is 14.3. The molecule has 0 saturated heterocycles. The molecule has 4 aromatic rings. The number of aryl methyl sites for hydroxylation is 1. The number of benzene rings is 2. The van der Waals surface area contributed by atoms with Crippen LogP contribution < -0.4 is 0 Å². The number of nitrogens with zero attached hydrogens (tertiary/aromatic N) is 3. The first-order valence-electron chi connectivity index (χ1n) is 7.71. The van der Waals surface area contributed by atoms with Crippen LogP contribution in [0.25, 0.3) is 34.3 Å². The standard InChI is InChI=1S/C20H15N3O/c1-14-10-11-21-13-18(14)8-9-19-22-20(23-24-19)17-7-6-15-4-2-3-5-16(15)12-17/h2-13H,1H3/b9-8+. The van der Waals surface area contributed by atoms with E-state index in [0.717, 1.165) is 22.1 Å². The van der Waals surface area contributed by atoms with Crippen LogP contribution in [0, 0.1) is 6.92 Å². The molecule has 2 aromatic carbocycles.